The molecule has 0 fully saturated rings. The van der Waals surface area contributed by atoms with E-state index in [0.717, 1.165) is 25.6 Å². The topological polar surface area (TPSA) is 66.5 Å². The van der Waals surface area contributed by atoms with E-state index < -0.39 is 10.0 Å². The van der Waals surface area contributed by atoms with Crippen LogP contribution in [-0.2, 0) is 34.1 Å². The average molecular weight is 641 g/mol. The molecule has 5 nitrogen and oxygen atoms in total. The summed E-state index contributed by atoms with van der Waals surface area (Å²) in [7, 11) is -2.36. The molecule has 0 bridgehead atoms. The van der Waals surface area contributed by atoms with Crippen molar-refractivity contribution < 1.29 is 13.2 Å². The monoisotopic (exact) mass is 638 g/mol. The Morgan fingerprint density at radius 2 is 1.49 bits per heavy atom. The van der Waals surface area contributed by atoms with Crippen LogP contribution in [0.3, 0.4) is 0 Å². The molecule has 4 rings (SSSR count). The van der Waals surface area contributed by atoms with Crippen LogP contribution in [0.15, 0.2) is 74.5 Å². The molecule has 0 radical (unpaired) electrons. The summed E-state index contributed by atoms with van der Waals surface area (Å²) >= 11 is 13.4. The van der Waals surface area contributed by atoms with Gasteiger partial charge in [0.1, 0.15) is 4.90 Å². The molecule has 0 spiro atoms. The molecule has 0 aliphatic carbocycles. The molecule has 0 atom stereocenters. The van der Waals surface area contributed by atoms with E-state index in [4.69, 9.17) is 11.6 Å². The van der Waals surface area contributed by atoms with Crippen molar-refractivity contribution in [3.8, 4) is 0 Å². The minimum Gasteiger partial charge on any atom is -0.326 e. The lowest BCUT2D eigenvalue weighted by atomic mass is 9.99. The lowest BCUT2D eigenvalue weighted by Crippen LogP contribution is -2.40. The van der Waals surface area contributed by atoms with Gasteiger partial charge in [0.2, 0.25) is 15.9 Å². The molecule has 1 amide bonds. The van der Waals surface area contributed by atoms with Crippen molar-refractivity contribution in [2.24, 2.45) is 0 Å². The van der Waals surface area contributed by atoms with E-state index >= 15 is 0 Å². The molecule has 1 aliphatic rings. The molecule has 0 saturated heterocycles. The number of nitrogens with zero attached hydrogens (tertiary/aromatic N) is 1. The number of sulfonamides is 1. The molecule has 9 heteroatoms. The summed E-state index contributed by atoms with van der Waals surface area (Å²) in [6.45, 7) is 0. The molecular weight excluding hydrogens is 616 g/mol. The van der Waals surface area contributed by atoms with E-state index in [1.807, 2.05) is 48.5 Å². The summed E-state index contributed by atoms with van der Waals surface area (Å²) in [6.07, 6.45) is 2.82. The molecule has 1 heterocycles. The Bertz CT molecular complexity index is 1280. The number of hydrogen-bond acceptors (Lipinski definition) is 3. The normalized spacial score (nSPS) is 14.1. The van der Waals surface area contributed by atoms with Gasteiger partial charge in [0.15, 0.2) is 0 Å². The Morgan fingerprint density at radius 1 is 0.943 bits per heavy atom. The van der Waals surface area contributed by atoms with Crippen molar-refractivity contribution in [3.63, 3.8) is 0 Å². The third-order valence-corrected chi connectivity index (χ3v) is 9.65. The maximum Gasteiger partial charge on any atom is 0.244 e. The molecule has 1 aliphatic heterocycles. The SMILES string of the molecule is CN(C(Cc1ccc(Br)cc1)Cc1ccc(Br)cc1)S(=O)(=O)c1cc2c(cc1Cl)CCCC(=O)N2. The van der Waals surface area contributed by atoms with Gasteiger partial charge in [0, 0.05) is 34.1 Å². The fraction of sp³-hybridized carbons (Fsp3) is 0.269. The predicted molar refractivity (Wildman–Crippen MR) is 147 cm³/mol. The van der Waals surface area contributed by atoms with Crippen LogP contribution in [-0.4, -0.2) is 31.7 Å². The van der Waals surface area contributed by atoms with Gasteiger partial charge in [-0.05, 0) is 78.8 Å². The van der Waals surface area contributed by atoms with Gasteiger partial charge in [0.05, 0.1) is 5.02 Å². The number of aryl methyl sites for hydroxylation is 1. The van der Waals surface area contributed by atoms with Gasteiger partial charge in [-0.3, -0.25) is 4.79 Å². The zero-order valence-electron chi connectivity index (χ0n) is 19.1. The second kappa shape index (κ2) is 11.1. The standard InChI is InChI=1S/C26H25Br2ClN2O3S/c1-31(35(33,34)25-16-24-19(15-23(25)29)3-2-4-26(32)30-24)22(13-17-5-9-20(27)10-6-17)14-18-7-11-21(28)12-8-18/h5-12,15-16,22H,2-4,13-14H2,1H3,(H,30,32). The third kappa shape index (κ3) is 6.35. The van der Waals surface area contributed by atoms with Gasteiger partial charge in [-0.25, -0.2) is 8.42 Å². The molecule has 35 heavy (non-hydrogen) atoms. The predicted octanol–water partition coefficient (Wildman–Crippen LogP) is 6.61. The summed E-state index contributed by atoms with van der Waals surface area (Å²) in [5, 5.41) is 3.00. The van der Waals surface area contributed by atoms with Gasteiger partial charge < -0.3 is 5.32 Å². The van der Waals surface area contributed by atoms with E-state index in [0.29, 0.717) is 37.8 Å². The third-order valence-electron chi connectivity index (χ3n) is 6.22. The van der Waals surface area contributed by atoms with E-state index in [2.05, 4.69) is 37.2 Å². The second-order valence-electron chi connectivity index (χ2n) is 8.68. The molecule has 0 aromatic heterocycles. The summed E-state index contributed by atoms with van der Waals surface area (Å²) in [4.78, 5) is 12.1. The maximum atomic E-state index is 13.9. The van der Waals surface area contributed by atoms with Crippen LogP contribution in [0, 0.1) is 0 Å². The van der Waals surface area contributed by atoms with E-state index in [1.165, 1.54) is 10.4 Å². The number of likely N-dealkylation sites (N-methyl/N-ethyl adjacent to an activating group) is 1. The number of carbonyl (C=O) groups excluding carboxylic acids is 1. The number of hydrogen-bond donors (Lipinski definition) is 1. The van der Waals surface area contributed by atoms with Crippen molar-refractivity contribution in [3.05, 3.63) is 91.3 Å². The first-order chi connectivity index (χ1) is 16.6. The van der Waals surface area contributed by atoms with Crippen molar-refractivity contribution in [2.45, 2.75) is 43.0 Å². The minimum absolute atomic E-state index is 0.000714. The lowest BCUT2D eigenvalue weighted by Gasteiger charge is -2.29. The highest BCUT2D eigenvalue weighted by atomic mass is 79.9. The second-order valence-corrected chi connectivity index (χ2v) is 12.9. The highest BCUT2D eigenvalue weighted by Gasteiger charge is 2.31. The number of rotatable bonds is 7. The summed E-state index contributed by atoms with van der Waals surface area (Å²) in [6, 6.07) is 18.6. The zero-order chi connectivity index (χ0) is 25.2. The van der Waals surface area contributed by atoms with Crippen LogP contribution in [0.5, 0.6) is 0 Å². The molecule has 0 unspecified atom stereocenters. The highest BCUT2D eigenvalue weighted by Crippen LogP contribution is 2.34. The largest absolute Gasteiger partial charge is 0.326 e. The summed E-state index contributed by atoms with van der Waals surface area (Å²) in [5.74, 6) is -0.119. The molecule has 3 aromatic carbocycles. The van der Waals surface area contributed by atoms with Crippen LogP contribution < -0.4 is 5.32 Å². The summed E-state index contributed by atoms with van der Waals surface area (Å²) in [5.41, 5.74) is 3.42. The van der Waals surface area contributed by atoms with Crippen LogP contribution in [0.1, 0.15) is 29.5 Å². The quantitative estimate of drug-likeness (QED) is 0.316. The minimum atomic E-state index is -3.96. The summed E-state index contributed by atoms with van der Waals surface area (Å²) < 4.78 is 31.0. The molecule has 184 valence electrons. The first kappa shape index (κ1) is 26.4. The number of amides is 1. The fourth-order valence-electron chi connectivity index (χ4n) is 4.23. The average Bonchev–Trinajstić information content (AvgIpc) is 3.00. The van der Waals surface area contributed by atoms with E-state index in [-0.39, 0.29) is 21.9 Å². The van der Waals surface area contributed by atoms with E-state index in [9.17, 15) is 13.2 Å². The van der Waals surface area contributed by atoms with Gasteiger partial charge in [0.25, 0.3) is 0 Å². The van der Waals surface area contributed by atoms with Gasteiger partial charge in [-0.1, -0.05) is 67.7 Å². The number of halogens is 3. The number of carbonyl (C=O) groups is 1. The van der Waals surface area contributed by atoms with Crippen molar-refractivity contribution >= 4 is 65.1 Å². The number of benzene rings is 3. The molecule has 0 saturated carbocycles. The maximum absolute atomic E-state index is 13.9. The molecule has 3 aromatic rings. The smallest absolute Gasteiger partial charge is 0.244 e. The van der Waals surface area contributed by atoms with Gasteiger partial charge in [-0.2, -0.15) is 4.31 Å². The molecule has 1 N–H and O–H groups in total. The van der Waals surface area contributed by atoms with Gasteiger partial charge >= 0.3 is 0 Å². The van der Waals surface area contributed by atoms with Crippen LogP contribution in [0.25, 0.3) is 0 Å². The van der Waals surface area contributed by atoms with Gasteiger partial charge in [-0.15, -0.1) is 0 Å². The number of anilines is 1. The highest BCUT2D eigenvalue weighted by molar-refractivity contribution is 9.10. The lowest BCUT2D eigenvalue weighted by molar-refractivity contribution is -0.116. The van der Waals surface area contributed by atoms with Crippen molar-refractivity contribution in [2.75, 3.05) is 12.4 Å². The Hall–Kier alpha value is -1.71. The Balaban J connectivity index is 1.70. The number of fused-ring (bicyclic) bond motifs is 1. The Morgan fingerprint density at radius 3 is 2.03 bits per heavy atom. The van der Waals surface area contributed by atoms with Crippen LogP contribution in [0.4, 0.5) is 5.69 Å². The van der Waals surface area contributed by atoms with Crippen LogP contribution >= 0.6 is 43.5 Å². The fourth-order valence-corrected chi connectivity index (χ4v) is 6.66. The van der Waals surface area contributed by atoms with Crippen LogP contribution in [0.2, 0.25) is 5.02 Å². The number of nitrogens with one attached hydrogen (secondary N) is 1. The Labute approximate surface area is 228 Å². The van der Waals surface area contributed by atoms with Crippen molar-refractivity contribution in [1.82, 2.24) is 4.31 Å². The molecular formula is C26H25Br2ClN2O3S. The first-order valence-electron chi connectivity index (χ1n) is 11.2. The zero-order valence-corrected chi connectivity index (χ0v) is 23.8. The van der Waals surface area contributed by atoms with Crippen molar-refractivity contribution in [1.29, 1.82) is 0 Å². The van der Waals surface area contributed by atoms with E-state index in [1.54, 1.807) is 13.1 Å². The Kier molecular flexibility index (Phi) is 8.38. The first-order valence-corrected chi connectivity index (χ1v) is 14.6.